The average molecular weight is 284 g/mol. The van der Waals surface area contributed by atoms with Gasteiger partial charge in [0.05, 0.1) is 5.92 Å². The van der Waals surface area contributed by atoms with Gasteiger partial charge in [-0.2, -0.15) is 0 Å². The van der Waals surface area contributed by atoms with Gasteiger partial charge in [0, 0.05) is 24.7 Å². The van der Waals surface area contributed by atoms with Crippen LogP contribution in [-0.2, 0) is 4.79 Å². The van der Waals surface area contributed by atoms with Crippen LogP contribution < -0.4 is 5.32 Å². The lowest BCUT2D eigenvalue weighted by molar-refractivity contribution is -0.143. The minimum atomic E-state index is -0.712. The van der Waals surface area contributed by atoms with E-state index in [0.29, 0.717) is 5.92 Å². The molecule has 0 aromatic rings. The van der Waals surface area contributed by atoms with Gasteiger partial charge >= 0.3 is 5.97 Å². The first-order chi connectivity index (χ1) is 9.29. The normalized spacial score (nSPS) is 15.7. The Kier molecular flexibility index (Phi) is 9.30. The van der Waals surface area contributed by atoms with Crippen molar-refractivity contribution in [2.75, 3.05) is 27.2 Å². The summed E-state index contributed by atoms with van der Waals surface area (Å²) in [5.74, 6) is -0.668. The van der Waals surface area contributed by atoms with Crippen molar-refractivity contribution in [2.24, 2.45) is 17.8 Å². The Bertz CT molecular complexity index is 303. The van der Waals surface area contributed by atoms with Crippen molar-refractivity contribution in [2.45, 2.75) is 40.0 Å². The minimum absolute atomic E-state index is 0.0473. The third kappa shape index (κ3) is 7.53. The highest BCUT2D eigenvalue weighted by atomic mass is 16.4. The predicted molar refractivity (Wildman–Crippen MR) is 84.7 cm³/mol. The summed E-state index contributed by atoms with van der Waals surface area (Å²) in [5, 5.41) is 12.7. The minimum Gasteiger partial charge on any atom is -0.481 e. The van der Waals surface area contributed by atoms with E-state index in [-0.39, 0.29) is 11.8 Å². The van der Waals surface area contributed by atoms with Gasteiger partial charge in [-0.3, -0.25) is 4.79 Å². The molecule has 0 rings (SSSR count). The second-order valence-corrected chi connectivity index (χ2v) is 6.12. The molecule has 0 heterocycles. The number of aliphatic carboxylic acids is 1. The molecule has 0 saturated carbocycles. The van der Waals surface area contributed by atoms with Crippen LogP contribution in [0.25, 0.3) is 0 Å². The molecule has 0 spiro atoms. The second-order valence-electron chi connectivity index (χ2n) is 6.12. The summed E-state index contributed by atoms with van der Waals surface area (Å²) >= 11 is 0. The molecule has 0 aliphatic carbocycles. The third-order valence-electron chi connectivity index (χ3n) is 3.82. The highest BCUT2D eigenvalue weighted by molar-refractivity contribution is 5.70. The van der Waals surface area contributed by atoms with Crippen molar-refractivity contribution in [3.05, 3.63) is 12.3 Å². The zero-order valence-corrected chi connectivity index (χ0v) is 13.8. The lowest BCUT2D eigenvalue weighted by atomic mass is 9.83. The zero-order valence-electron chi connectivity index (χ0n) is 13.8. The summed E-state index contributed by atoms with van der Waals surface area (Å²) in [7, 11) is 4.03. The highest BCUT2D eigenvalue weighted by Crippen LogP contribution is 2.26. The molecule has 3 unspecified atom stereocenters. The van der Waals surface area contributed by atoms with E-state index in [9.17, 15) is 9.90 Å². The molecule has 0 fully saturated rings. The third-order valence-corrected chi connectivity index (χ3v) is 3.82. The number of carbonyl (C=O) groups is 1. The maximum absolute atomic E-state index is 11.5. The van der Waals surface area contributed by atoms with Gasteiger partial charge in [0.2, 0.25) is 0 Å². The predicted octanol–water partition coefficient (Wildman–Crippen LogP) is 2.81. The van der Waals surface area contributed by atoms with Crippen LogP contribution >= 0.6 is 0 Å². The smallest absolute Gasteiger partial charge is 0.307 e. The average Bonchev–Trinajstić information content (AvgIpc) is 2.34. The maximum atomic E-state index is 11.5. The van der Waals surface area contributed by atoms with Crippen LogP contribution in [0.2, 0.25) is 0 Å². The number of hydrogen-bond donors (Lipinski definition) is 2. The Morgan fingerprint density at radius 3 is 2.40 bits per heavy atom. The first-order valence-corrected chi connectivity index (χ1v) is 7.59. The molecule has 0 aromatic heterocycles. The van der Waals surface area contributed by atoms with Gasteiger partial charge in [0.1, 0.15) is 0 Å². The fraction of sp³-hybridized carbons (Fsp3) is 0.812. The Hall–Kier alpha value is -1.03. The Balaban J connectivity index is 4.43. The second kappa shape index (κ2) is 9.81. The van der Waals surface area contributed by atoms with Crippen molar-refractivity contribution in [3.63, 3.8) is 0 Å². The summed E-state index contributed by atoms with van der Waals surface area (Å²) in [6, 6.07) is 0. The summed E-state index contributed by atoms with van der Waals surface area (Å²) in [6.07, 6.45) is 2.90. The molecule has 4 heteroatoms. The molecule has 118 valence electrons. The Morgan fingerprint density at radius 1 is 1.35 bits per heavy atom. The molecule has 4 nitrogen and oxygen atoms in total. The SMILES string of the molecule is C=C(NCCN(C)C)C(C)C(CC(C)CCC)C(=O)O. The van der Waals surface area contributed by atoms with Crippen LogP contribution in [0.15, 0.2) is 12.3 Å². The Morgan fingerprint density at radius 2 is 1.95 bits per heavy atom. The molecule has 0 radical (unpaired) electrons. The first-order valence-electron chi connectivity index (χ1n) is 7.59. The number of hydrogen-bond acceptors (Lipinski definition) is 3. The standard InChI is InChI=1S/C16H32N2O2/c1-7-8-12(2)11-15(16(19)20)13(3)14(4)17-9-10-18(5)6/h12-13,15,17H,4,7-11H2,1-3,5-6H3,(H,19,20). The molecule has 0 saturated heterocycles. The first kappa shape index (κ1) is 19.0. The van der Waals surface area contributed by atoms with Crippen LogP contribution in [0, 0.1) is 17.8 Å². The van der Waals surface area contributed by atoms with E-state index in [1.807, 2.05) is 21.0 Å². The number of likely N-dealkylation sites (N-methyl/N-ethyl adjacent to an activating group) is 1. The summed E-state index contributed by atoms with van der Waals surface area (Å²) in [4.78, 5) is 13.6. The highest BCUT2D eigenvalue weighted by Gasteiger charge is 2.28. The fourth-order valence-corrected chi connectivity index (χ4v) is 2.41. The molecular weight excluding hydrogens is 252 g/mol. The lowest BCUT2D eigenvalue weighted by Crippen LogP contribution is -2.32. The molecule has 0 aliphatic heterocycles. The van der Waals surface area contributed by atoms with Crippen molar-refractivity contribution < 1.29 is 9.90 Å². The maximum Gasteiger partial charge on any atom is 0.307 e. The summed E-state index contributed by atoms with van der Waals surface area (Å²) in [5.41, 5.74) is 0.836. The lowest BCUT2D eigenvalue weighted by Gasteiger charge is -2.26. The van der Waals surface area contributed by atoms with Gasteiger partial charge in [-0.1, -0.05) is 40.2 Å². The Labute approximate surface area is 124 Å². The zero-order chi connectivity index (χ0) is 15.7. The molecule has 0 aromatic carbocycles. The molecule has 0 bridgehead atoms. The van der Waals surface area contributed by atoms with Gasteiger partial charge in [-0.15, -0.1) is 0 Å². The fourth-order valence-electron chi connectivity index (χ4n) is 2.41. The van der Waals surface area contributed by atoms with Gasteiger partial charge < -0.3 is 15.3 Å². The van der Waals surface area contributed by atoms with E-state index >= 15 is 0 Å². The van der Waals surface area contributed by atoms with Crippen molar-refractivity contribution in [1.82, 2.24) is 10.2 Å². The van der Waals surface area contributed by atoms with Crippen LogP contribution in [0.1, 0.15) is 40.0 Å². The number of carboxylic acid groups (broad SMARTS) is 1. The quantitative estimate of drug-likeness (QED) is 0.612. The number of carboxylic acids is 1. The molecular formula is C16H32N2O2. The van der Waals surface area contributed by atoms with E-state index in [1.54, 1.807) is 0 Å². The number of nitrogens with zero attached hydrogens (tertiary/aromatic N) is 1. The van der Waals surface area contributed by atoms with E-state index in [2.05, 4.69) is 30.6 Å². The van der Waals surface area contributed by atoms with E-state index in [0.717, 1.165) is 38.0 Å². The summed E-state index contributed by atoms with van der Waals surface area (Å²) in [6.45, 7) is 12.0. The topological polar surface area (TPSA) is 52.6 Å². The van der Waals surface area contributed by atoms with Gasteiger partial charge in [0.15, 0.2) is 0 Å². The molecule has 20 heavy (non-hydrogen) atoms. The van der Waals surface area contributed by atoms with Crippen molar-refractivity contribution in [3.8, 4) is 0 Å². The van der Waals surface area contributed by atoms with Gasteiger partial charge in [-0.25, -0.2) is 0 Å². The van der Waals surface area contributed by atoms with Crippen LogP contribution in [-0.4, -0.2) is 43.2 Å². The van der Waals surface area contributed by atoms with Gasteiger partial charge in [-0.05, 0) is 26.4 Å². The van der Waals surface area contributed by atoms with Gasteiger partial charge in [0.25, 0.3) is 0 Å². The largest absolute Gasteiger partial charge is 0.481 e. The molecule has 2 N–H and O–H groups in total. The van der Waals surface area contributed by atoms with E-state index in [1.165, 1.54) is 0 Å². The number of allylic oxidation sites excluding steroid dienone is 1. The van der Waals surface area contributed by atoms with Crippen LogP contribution in [0.5, 0.6) is 0 Å². The molecule has 0 aliphatic rings. The molecule has 0 amide bonds. The number of rotatable bonds is 11. The van der Waals surface area contributed by atoms with E-state index < -0.39 is 5.97 Å². The van der Waals surface area contributed by atoms with Crippen LogP contribution in [0.4, 0.5) is 0 Å². The number of nitrogens with one attached hydrogen (secondary N) is 1. The summed E-state index contributed by atoms with van der Waals surface area (Å²) < 4.78 is 0. The van der Waals surface area contributed by atoms with Crippen molar-refractivity contribution in [1.29, 1.82) is 0 Å². The van der Waals surface area contributed by atoms with E-state index in [4.69, 9.17) is 0 Å². The van der Waals surface area contributed by atoms with Crippen LogP contribution in [0.3, 0.4) is 0 Å². The molecule has 3 atom stereocenters. The monoisotopic (exact) mass is 284 g/mol. The van der Waals surface area contributed by atoms with Crippen molar-refractivity contribution >= 4 is 5.97 Å².